The van der Waals surface area contributed by atoms with Gasteiger partial charge in [0.25, 0.3) is 5.91 Å². The Labute approximate surface area is 113 Å². The summed E-state index contributed by atoms with van der Waals surface area (Å²) in [7, 11) is 3.32. The lowest BCUT2D eigenvalue weighted by molar-refractivity contribution is 0.0238. The molecule has 6 heteroatoms. The number of hydrogen-bond acceptors (Lipinski definition) is 5. The Balaban J connectivity index is 2.87. The molecule has 0 aliphatic rings. The average Bonchev–Trinajstić information content (AvgIpc) is 2.27. The maximum Gasteiger partial charge on any atom is 0.273 e. The molecule has 0 atom stereocenters. The van der Waals surface area contributed by atoms with E-state index in [-0.39, 0.29) is 11.6 Å². The predicted octanol–water partition coefficient (Wildman–Crippen LogP) is 1.14. The molecule has 2 N–H and O–H groups in total. The molecule has 6 nitrogen and oxygen atoms in total. The highest BCUT2D eigenvalue weighted by molar-refractivity contribution is 5.91. The molecule has 0 aliphatic carbocycles. The molecule has 19 heavy (non-hydrogen) atoms. The number of aliphatic hydroxyl groups is 1. The molecule has 0 fully saturated rings. The van der Waals surface area contributed by atoms with Gasteiger partial charge < -0.3 is 15.3 Å². The summed E-state index contributed by atoms with van der Waals surface area (Å²) in [4.78, 5) is 13.1. The SMILES string of the molecule is CN(C)C(=O)c1ccc(NC(C)(C)C(C)(C)O)nn1. The highest BCUT2D eigenvalue weighted by Gasteiger charge is 2.35. The summed E-state index contributed by atoms with van der Waals surface area (Å²) in [6, 6.07) is 3.29. The molecule has 0 bridgehead atoms. The van der Waals surface area contributed by atoms with E-state index < -0.39 is 11.1 Å². The monoisotopic (exact) mass is 266 g/mol. The first kappa shape index (κ1) is 15.4. The molecular formula is C13H22N4O2. The number of hydrogen-bond donors (Lipinski definition) is 2. The van der Waals surface area contributed by atoms with E-state index in [0.717, 1.165) is 0 Å². The fourth-order valence-electron chi connectivity index (χ4n) is 1.22. The van der Waals surface area contributed by atoms with E-state index in [1.54, 1.807) is 40.1 Å². The summed E-state index contributed by atoms with van der Waals surface area (Å²) in [6.45, 7) is 7.18. The van der Waals surface area contributed by atoms with Crippen LogP contribution in [0.4, 0.5) is 5.82 Å². The summed E-state index contributed by atoms with van der Waals surface area (Å²) in [5, 5.41) is 21.0. The summed E-state index contributed by atoms with van der Waals surface area (Å²) < 4.78 is 0. The van der Waals surface area contributed by atoms with Crippen molar-refractivity contribution in [3.63, 3.8) is 0 Å². The largest absolute Gasteiger partial charge is 0.388 e. The molecule has 0 spiro atoms. The third kappa shape index (κ3) is 3.64. The van der Waals surface area contributed by atoms with Crippen LogP contribution >= 0.6 is 0 Å². The molecule has 0 saturated carbocycles. The van der Waals surface area contributed by atoms with E-state index in [1.165, 1.54) is 4.90 Å². The van der Waals surface area contributed by atoms with Gasteiger partial charge in [0, 0.05) is 14.1 Å². The number of rotatable bonds is 4. The van der Waals surface area contributed by atoms with Crippen LogP contribution in [0.2, 0.25) is 0 Å². The van der Waals surface area contributed by atoms with Crippen LogP contribution in [0, 0.1) is 0 Å². The Morgan fingerprint density at radius 1 is 1.21 bits per heavy atom. The van der Waals surface area contributed by atoms with Crippen molar-refractivity contribution in [2.45, 2.75) is 38.8 Å². The minimum Gasteiger partial charge on any atom is -0.388 e. The Morgan fingerprint density at radius 2 is 1.79 bits per heavy atom. The average molecular weight is 266 g/mol. The van der Waals surface area contributed by atoms with Gasteiger partial charge in [0.05, 0.1) is 11.1 Å². The second-order valence-corrected chi connectivity index (χ2v) is 5.81. The second kappa shape index (κ2) is 5.13. The van der Waals surface area contributed by atoms with E-state index in [0.29, 0.717) is 5.82 Å². The molecule has 0 aliphatic heterocycles. The minimum atomic E-state index is -0.924. The predicted molar refractivity (Wildman–Crippen MR) is 74.0 cm³/mol. The number of carbonyl (C=O) groups excluding carboxylic acids is 1. The molecule has 0 radical (unpaired) electrons. The first-order valence-corrected chi connectivity index (χ1v) is 6.10. The second-order valence-electron chi connectivity index (χ2n) is 5.81. The lowest BCUT2D eigenvalue weighted by Crippen LogP contribution is -2.51. The van der Waals surface area contributed by atoms with E-state index in [4.69, 9.17) is 0 Å². The Hall–Kier alpha value is -1.69. The maximum absolute atomic E-state index is 11.7. The van der Waals surface area contributed by atoms with Gasteiger partial charge in [-0.05, 0) is 39.8 Å². The molecule has 1 aromatic heterocycles. The molecular weight excluding hydrogens is 244 g/mol. The van der Waals surface area contributed by atoms with Crippen LogP contribution in [0.5, 0.6) is 0 Å². The summed E-state index contributed by atoms with van der Waals surface area (Å²) >= 11 is 0. The molecule has 0 aromatic carbocycles. The quantitative estimate of drug-likeness (QED) is 0.854. The van der Waals surface area contributed by atoms with Gasteiger partial charge in [0.1, 0.15) is 5.82 Å². The van der Waals surface area contributed by atoms with Crippen molar-refractivity contribution in [2.24, 2.45) is 0 Å². The van der Waals surface area contributed by atoms with Gasteiger partial charge in [0.15, 0.2) is 5.69 Å². The zero-order chi connectivity index (χ0) is 14.8. The molecule has 1 aromatic rings. The molecule has 0 unspecified atom stereocenters. The Kier molecular flexibility index (Phi) is 4.15. The third-order valence-corrected chi connectivity index (χ3v) is 3.26. The van der Waals surface area contributed by atoms with E-state index in [9.17, 15) is 9.90 Å². The Morgan fingerprint density at radius 3 is 2.16 bits per heavy atom. The molecule has 1 rings (SSSR count). The number of nitrogens with one attached hydrogen (secondary N) is 1. The Bertz CT molecular complexity index is 447. The smallest absolute Gasteiger partial charge is 0.273 e. The fraction of sp³-hybridized carbons (Fsp3) is 0.615. The van der Waals surface area contributed by atoms with Gasteiger partial charge >= 0.3 is 0 Å². The van der Waals surface area contributed by atoms with Crippen molar-refractivity contribution in [2.75, 3.05) is 19.4 Å². The summed E-state index contributed by atoms with van der Waals surface area (Å²) in [5.41, 5.74) is -1.21. The molecule has 0 saturated heterocycles. The van der Waals surface area contributed by atoms with E-state index in [2.05, 4.69) is 15.5 Å². The van der Waals surface area contributed by atoms with Crippen LogP contribution in [0.1, 0.15) is 38.2 Å². The van der Waals surface area contributed by atoms with E-state index in [1.807, 2.05) is 13.8 Å². The van der Waals surface area contributed by atoms with Crippen molar-refractivity contribution >= 4 is 11.7 Å². The number of nitrogens with zero attached hydrogens (tertiary/aromatic N) is 3. The first-order valence-electron chi connectivity index (χ1n) is 6.10. The molecule has 1 amide bonds. The number of anilines is 1. The topological polar surface area (TPSA) is 78.4 Å². The van der Waals surface area contributed by atoms with Gasteiger partial charge in [-0.25, -0.2) is 0 Å². The highest BCUT2D eigenvalue weighted by atomic mass is 16.3. The van der Waals surface area contributed by atoms with Crippen LogP contribution < -0.4 is 5.32 Å². The highest BCUT2D eigenvalue weighted by Crippen LogP contribution is 2.24. The number of aromatic nitrogens is 2. The van der Waals surface area contributed by atoms with Crippen molar-refractivity contribution in [1.29, 1.82) is 0 Å². The molecule has 106 valence electrons. The van der Waals surface area contributed by atoms with Gasteiger partial charge in [-0.2, -0.15) is 0 Å². The fourth-order valence-corrected chi connectivity index (χ4v) is 1.22. The van der Waals surface area contributed by atoms with Crippen molar-refractivity contribution < 1.29 is 9.90 Å². The molecule has 1 heterocycles. The van der Waals surface area contributed by atoms with Crippen molar-refractivity contribution in [3.05, 3.63) is 17.8 Å². The number of amides is 1. The standard InChI is InChI=1S/C13H22N4O2/c1-12(2,13(3,4)19)14-10-8-7-9(15-16-10)11(18)17(5)6/h7-8,19H,1-6H3,(H,14,16). The van der Waals surface area contributed by atoms with Crippen molar-refractivity contribution in [3.8, 4) is 0 Å². The number of carbonyl (C=O) groups is 1. The normalized spacial score (nSPS) is 12.2. The van der Waals surface area contributed by atoms with Gasteiger partial charge in [-0.3, -0.25) is 4.79 Å². The van der Waals surface area contributed by atoms with Gasteiger partial charge in [-0.15, -0.1) is 10.2 Å². The van der Waals surface area contributed by atoms with Crippen LogP contribution in [0.15, 0.2) is 12.1 Å². The van der Waals surface area contributed by atoms with Crippen LogP contribution in [-0.2, 0) is 0 Å². The lowest BCUT2D eigenvalue weighted by atomic mass is 9.86. The van der Waals surface area contributed by atoms with Crippen molar-refractivity contribution in [1.82, 2.24) is 15.1 Å². The zero-order valence-corrected chi connectivity index (χ0v) is 12.4. The summed E-state index contributed by atoms with van der Waals surface area (Å²) in [6.07, 6.45) is 0. The summed E-state index contributed by atoms with van der Waals surface area (Å²) in [5.74, 6) is 0.322. The minimum absolute atomic E-state index is 0.194. The lowest BCUT2D eigenvalue weighted by Gasteiger charge is -2.38. The van der Waals surface area contributed by atoms with Crippen LogP contribution in [0.25, 0.3) is 0 Å². The van der Waals surface area contributed by atoms with Crippen LogP contribution in [-0.4, -0.2) is 51.3 Å². The van der Waals surface area contributed by atoms with Gasteiger partial charge in [0.2, 0.25) is 0 Å². The third-order valence-electron chi connectivity index (χ3n) is 3.26. The maximum atomic E-state index is 11.7. The van der Waals surface area contributed by atoms with Crippen LogP contribution in [0.3, 0.4) is 0 Å². The first-order chi connectivity index (χ1) is 8.54. The van der Waals surface area contributed by atoms with E-state index >= 15 is 0 Å². The van der Waals surface area contributed by atoms with Gasteiger partial charge in [-0.1, -0.05) is 0 Å². The zero-order valence-electron chi connectivity index (χ0n) is 12.4.